The molecule has 2 unspecified atom stereocenters. The molecule has 1 fully saturated rings. The van der Waals surface area contributed by atoms with Gasteiger partial charge in [-0.2, -0.15) is 0 Å². The fourth-order valence-corrected chi connectivity index (χ4v) is 0.877. The third-order valence-electron chi connectivity index (χ3n) is 1.62. The molecule has 0 aromatic heterocycles. The van der Waals surface area contributed by atoms with Gasteiger partial charge in [0.05, 0.1) is 12.7 Å². The van der Waals surface area contributed by atoms with E-state index in [4.69, 9.17) is 14.6 Å². The molecule has 1 saturated heterocycles. The summed E-state index contributed by atoms with van der Waals surface area (Å²) in [5.41, 5.74) is 0.427. The highest BCUT2D eigenvalue weighted by Gasteiger charge is 2.24. The van der Waals surface area contributed by atoms with Crippen molar-refractivity contribution in [3.05, 3.63) is 11.6 Å². The van der Waals surface area contributed by atoms with E-state index in [1.807, 2.05) is 0 Å². The van der Waals surface area contributed by atoms with Gasteiger partial charge in [0.25, 0.3) is 0 Å². The Morgan fingerprint density at radius 2 is 2.46 bits per heavy atom. The zero-order valence-electron chi connectivity index (χ0n) is 7.82. The molecule has 4 heteroatoms. The molecule has 0 aromatic rings. The van der Waals surface area contributed by atoms with Crippen molar-refractivity contribution >= 4 is 5.97 Å². The molecule has 4 nitrogen and oxygen atoms in total. The van der Waals surface area contributed by atoms with Crippen LogP contribution in [0.5, 0.6) is 0 Å². The van der Waals surface area contributed by atoms with Crippen molar-refractivity contribution in [1.82, 2.24) is 0 Å². The second kappa shape index (κ2) is 4.39. The van der Waals surface area contributed by atoms with E-state index in [0.717, 1.165) is 0 Å². The molecule has 1 aliphatic rings. The number of rotatable bonds is 4. The first-order chi connectivity index (χ1) is 6.09. The van der Waals surface area contributed by atoms with Gasteiger partial charge >= 0.3 is 5.97 Å². The topological polar surface area (TPSA) is 59.1 Å². The summed E-state index contributed by atoms with van der Waals surface area (Å²) in [4.78, 5) is 11.2. The number of epoxide rings is 1. The van der Waals surface area contributed by atoms with Gasteiger partial charge < -0.3 is 14.6 Å². The van der Waals surface area contributed by atoms with Crippen molar-refractivity contribution < 1.29 is 19.4 Å². The van der Waals surface area contributed by atoms with Crippen LogP contribution in [0.3, 0.4) is 0 Å². The third kappa shape index (κ3) is 4.05. The number of aliphatic hydroxyl groups is 1. The highest BCUT2D eigenvalue weighted by atomic mass is 16.6. The fourth-order valence-electron chi connectivity index (χ4n) is 0.877. The SMILES string of the molecule is C/C(=C\C(C)O)C(=O)OCC1CO1. The molecule has 1 N–H and O–H groups in total. The van der Waals surface area contributed by atoms with E-state index < -0.39 is 12.1 Å². The highest BCUT2D eigenvalue weighted by Crippen LogP contribution is 2.10. The van der Waals surface area contributed by atoms with Crippen LogP contribution in [0.2, 0.25) is 0 Å². The van der Waals surface area contributed by atoms with Crippen LogP contribution in [-0.2, 0) is 14.3 Å². The maximum Gasteiger partial charge on any atom is 0.333 e. The van der Waals surface area contributed by atoms with Crippen LogP contribution >= 0.6 is 0 Å². The lowest BCUT2D eigenvalue weighted by atomic mass is 10.2. The Labute approximate surface area is 77.1 Å². The van der Waals surface area contributed by atoms with Gasteiger partial charge in [0.1, 0.15) is 12.7 Å². The molecule has 0 radical (unpaired) electrons. The molecular formula is C9H14O4. The van der Waals surface area contributed by atoms with Gasteiger partial charge in [-0.1, -0.05) is 0 Å². The summed E-state index contributed by atoms with van der Waals surface area (Å²) < 4.78 is 9.76. The number of hydrogen-bond acceptors (Lipinski definition) is 4. The quantitative estimate of drug-likeness (QED) is 0.388. The predicted molar refractivity (Wildman–Crippen MR) is 46.1 cm³/mol. The molecule has 0 saturated carbocycles. The lowest BCUT2D eigenvalue weighted by Crippen LogP contribution is -2.12. The number of carbonyl (C=O) groups is 1. The number of esters is 1. The van der Waals surface area contributed by atoms with E-state index in [-0.39, 0.29) is 6.10 Å². The van der Waals surface area contributed by atoms with Crippen molar-refractivity contribution in [3.63, 3.8) is 0 Å². The minimum absolute atomic E-state index is 0.0864. The Balaban J connectivity index is 2.27. The number of ether oxygens (including phenoxy) is 2. The minimum atomic E-state index is -0.621. The molecule has 0 aliphatic carbocycles. The molecule has 0 aromatic carbocycles. The predicted octanol–water partition coefficient (Wildman–Crippen LogP) is 0.255. The van der Waals surface area contributed by atoms with Crippen LogP contribution in [0.15, 0.2) is 11.6 Å². The monoisotopic (exact) mass is 186 g/mol. The van der Waals surface area contributed by atoms with E-state index in [1.165, 1.54) is 6.08 Å². The molecule has 0 bridgehead atoms. The Kier molecular flexibility index (Phi) is 3.45. The summed E-state index contributed by atoms with van der Waals surface area (Å²) in [6, 6.07) is 0. The zero-order valence-corrected chi connectivity index (χ0v) is 7.82. The van der Waals surface area contributed by atoms with E-state index >= 15 is 0 Å². The van der Waals surface area contributed by atoms with Gasteiger partial charge in [0.15, 0.2) is 0 Å². The second-order valence-corrected chi connectivity index (χ2v) is 3.14. The van der Waals surface area contributed by atoms with Crippen molar-refractivity contribution in [2.45, 2.75) is 26.1 Å². The van der Waals surface area contributed by atoms with E-state index in [9.17, 15) is 4.79 Å². The fraction of sp³-hybridized carbons (Fsp3) is 0.667. The smallest absolute Gasteiger partial charge is 0.333 e. The van der Waals surface area contributed by atoms with Crippen molar-refractivity contribution in [1.29, 1.82) is 0 Å². The maximum atomic E-state index is 11.2. The summed E-state index contributed by atoms with van der Waals surface area (Å²) in [7, 11) is 0. The van der Waals surface area contributed by atoms with Crippen molar-refractivity contribution in [3.8, 4) is 0 Å². The molecule has 0 amide bonds. The summed E-state index contributed by atoms with van der Waals surface area (Å²) in [5, 5.41) is 8.95. The Bertz CT molecular complexity index is 216. The van der Waals surface area contributed by atoms with Crippen LogP contribution in [-0.4, -0.2) is 36.5 Å². The van der Waals surface area contributed by atoms with Crippen LogP contribution in [0, 0.1) is 0 Å². The molecular weight excluding hydrogens is 172 g/mol. The second-order valence-electron chi connectivity index (χ2n) is 3.14. The van der Waals surface area contributed by atoms with Crippen LogP contribution in [0.1, 0.15) is 13.8 Å². The first-order valence-corrected chi connectivity index (χ1v) is 4.25. The molecule has 13 heavy (non-hydrogen) atoms. The first kappa shape index (κ1) is 10.2. The molecule has 74 valence electrons. The molecule has 0 spiro atoms. The Morgan fingerprint density at radius 1 is 1.85 bits per heavy atom. The summed E-state index contributed by atoms with van der Waals surface area (Å²) >= 11 is 0. The largest absolute Gasteiger partial charge is 0.459 e. The van der Waals surface area contributed by atoms with Crippen LogP contribution < -0.4 is 0 Å². The van der Waals surface area contributed by atoms with Gasteiger partial charge in [0.2, 0.25) is 0 Å². The molecule has 1 aliphatic heterocycles. The summed E-state index contributed by atoms with van der Waals surface area (Å²) in [5.74, 6) is -0.392. The van der Waals surface area contributed by atoms with E-state index in [1.54, 1.807) is 13.8 Å². The molecule has 1 heterocycles. The van der Waals surface area contributed by atoms with Gasteiger partial charge in [-0.05, 0) is 19.9 Å². The van der Waals surface area contributed by atoms with Crippen molar-refractivity contribution in [2.24, 2.45) is 0 Å². The average Bonchev–Trinajstić information content (AvgIpc) is 2.81. The number of carbonyl (C=O) groups excluding carboxylic acids is 1. The lowest BCUT2D eigenvalue weighted by molar-refractivity contribution is -0.139. The molecule has 2 atom stereocenters. The molecule has 1 rings (SSSR count). The van der Waals surface area contributed by atoms with Gasteiger partial charge in [-0.3, -0.25) is 0 Å². The number of hydrogen-bond donors (Lipinski definition) is 1. The van der Waals surface area contributed by atoms with Gasteiger partial charge in [-0.15, -0.1) is 0 Å². The Hall–Kier alpha value is -0.870. The van der Waals surface area contributed by atoms with Gasteiger partial charge in [0, 0.05) is 5.57 Å². The lowest BCUT2D eigenvalue weighted by Gasteiger charge is -2.03. The van der Waals surface area contributed by atoms with Crippen molar-refractivity contribution in [2.75, 3.05) is 13.2 Å². The normalized spacial score (nSPS) is 23.9. The summed E-state index contributed by atoms with van der Waals surface area (Å²) in [6.07, 6.45) is 0.920. The highest BCUT2D eigenvalue weighted by molar-refractivity contribution is 5.87. The Morgan fingerprint density at radius 3 is 2.92 bits per heavy atom. The minimum Gasteiger partial charge on any atom is -0.459 e. The number of aliphatic hydroxyl groups excluding tert-OH is 1. The first-order valence-electron chi connectivity index (χ1n) is 4.25. The van der Waals surface area contributed by atoms with Gasteiger partial charge in [-0.25, -0.2) is 4.79 Å². The third-order valence-corrected chi connectivity index (χ3v) is 1.62. The summed E-state index contributed by atoms with van der Waals surface area (Å²) in [6.45, 7) is 4.18. The van der Waals surface area contributed by atoms with Crippen LogP contribution in [0.4, 0.5) is 0 Å². The van der Waals surface area contributed by atoms with E-state index in [0.29, 0.717) is 18.8 Å². The van der Waals surface area contributed by atoms with E-state index in [2.05, 4.69) is 0 Å². The van der Waals surface area contributed by atoms with Crippen LogP contribution in [0.25, 0.3) is 0 Å². The zero-order chi connectivity index (χ0) is 9.84. The standard InChI is InChI=1S/C9H14O4/c1-6(3-7(2)10)9(11)13-5-8-4-12-8/h3,7-8,10H,4-5H2,1-2H3/b6-3+. The maximum absolute atomic E-state index is 11.2. The average molecular weight is 186 g/mol.